The number of nitrogens with zero attached hydrogens (tertiary/aromatic N) is 2. The van der Waals surface area contributed by atoms with E-state index in [-0.39, 0.29) is 10.6 Å². The average Bonchev–Trinajstić information content (AvgIpc) is 2.46. The minimum absolute atomic E-state index is 0.264. The molecular formula is C14H15N3O4S. The Balaban J connectivity index is 2.43. The van der Waals surface area contributed by atoms with E-state index in [0.717, 1.165) is 11.6 Å². The molecule has 2 rings (SSSR count). The van der Waals surface area contributed by atoms with Crippen LogP contribution >= 0.6 is 0 Å². The molecule has 0 aliphatic heterocycles. The fraction of sp³-hybridized carbons (Fsp3) is 0.143. The number of nitro benzene ring substituents is 1. The lowest BCUT2D eigenvalue weighted by molar-refractivity contribution is -0.385. The predicted octanol–water partition coefficient (Wildman–Crippen LogP) is 1.88. The maximum Gasteiger partial charge on any atom is 0.270 e. The van der Waals surface area contributed by atoms with E-state index in [1.165, 1.54) is 12.1 Å². The van der Waals surface area contributed by atoms with Gasteiger partial charge in [-0.15, -0.1) is 0 Å². The molecule has 0 spiro atoms. The SMILES string of the molecule is CN(Cc1ccccc1)c1ccc([N+](=O)[O-])cc1S(N)(=O)=O. The van der Waals surface area contributed by atoms with Gasteiger partial charge < -0.3 is 4.90 Å². The zero-order chi connectivity index (χ0) is 16.3. The highest BCUT2D eigenvalue weighted by Gasteiger charge is 2.21. The van der Waals surface area contributed by atoms with Gasteiger partial charge in [0.15, 0.2) is 0 Å². The first kappa shape index (κ1) is 15.9. The van der Waals surface area contributed by atoms with Gasteiger partial charge in [-0.05, 0) is 11.6 Å². The van der Waals surface area contributed by atoms with Crippen LogP contribution in [0.4, 0.5) is 11.4 Å². The van der Waals surface area contributed by atoms with E-state index in [9.17, 15) is 18.5 Å². The zero-order valence-corrected chi connectivity index (χ0v) is 12.7. The fourth-order valence-corrected chi connectivity index (χ4v) is 2.90. The molecule has 116 valence electrons. The van der Waals surface area contributed by atoms with Gasteiger partial charge in [-0.1, -0.05) is 30.3 Å². The van der Waals surface area contributed by atoms with Crippen molar-refractivity contribution < 1.29 is 13.3 Å². The third-order valence-corrected chi connectivity index (χ3v) is 4.07. The summed E-state index contributed by atoms with van der Waals surface area (Å²) < 4.78 is 23.4. The van der Waals surface area contributed by atoms with E-state index in [1.807, 2.05) is 30.3 Å². The molecular weight excluding hydrogens is 306 g/mol. The van der Waals surface area contributed by atoms with Crippen molar-refractivity contribution in [3.63, 3.8) is 0 Å². The molecule has 0 heterocycles. The summed E-state index contributed by atoms with van der Waals surface area (Å²) in [5.41, 5.74) is 0.974. The molecule has 0 saturated heterocycles. The minimum atomic E-state index is -4.07. The van der Waals surface area contributed by atoms with Crippen LogP contribution in [-0.2, 0) is 16.6 Å². The third kappa shape index (κ3) is 3.60. The van der Waals surface area contributed by atoms with Gasteiger partial charge in [0.05, 0.1) is 10.6 Å². The largest absolute Gasteiger partial charge is 0.369 e. The fourth-order valence-electron chi connectivity index (χ4n) is 2.10. The standard InChI is InChI=1S/C14H15N3O4S/c1-16(10-11-5-3-2-4-6-11)13-8-7-12(17(18)19)9-14(13)22(15,20)21/h2-9H,10H2,1H3,(H2,15,20,21). The molecule has 8 heteroatoms. The van der Waals surface area contributed by atoms with Crippen LogP contribution in [0.15, 0.2) is 53.4 Å². The highest BCUT2D eigenvalue weighted by atomic mass is 32.2. The highest BCUT2D eigenvalue weighted by molar-refractivity contribution is 7.89. The van der Waals surface area contributed by atoms with E-state index >= 15 is 0 Å². The monoisotopic (exact) mass is 321 g/mol. The first-order chi connectivity index (χ1) is 10.3. The molecule has 0 unspecified atom stereocenters. The topological polar surface area (TPSA) is 107 Å². The number of anilines is 1. The molecule has 0 amide bonds. The smallest absolute Gasteiger partial charge is 0.270 e. The molecule has 0 aromatic heterocycles. The number of rotatable bonds is 5. The number of non-ortho nitro benzene ring substituents is 1. The van der Waals surface area contributed by atoms with E-state index in [2.05, 4.69) is 0 Å². The van der Waals surface area contributed by atoms with Crippen molar-refractivity contribution in [1.29, 1.82) is 0 Å². The number of nitro groups is 1. The lowest BCUT2D eigenvalue weighted by Crippen LogP contribution is -2.22. The summed E-state index contributed by atoms with van der Waals surface area (Å²) in [4.78, 5) is 11.6. The second kappa shape index (κ2) is 6.12. The zero-order valence-electron chi connectivity index (χ0n) is 11.8. The van der Waals surface area contributed by atoms with Crippen molar-refractivity contribution in [2.24, 2.45) is 5.14 Å². The van der Waals surface area contributed by atoms with Crippen LogP contribution in [0.1, 0.15) is 5.56 Å². The van der Waals surface area contributed by atoms with E-state index < -0.39 is 14.9 Å². The summed E-state index contributed by atoms with van der Waals surface area (Å²) in [6.45, 7) is 0.446. The number of hydrogen-bond acceptors (Lipinski definition) is 5. The van der Waals surface area contributed by atoms with E-state index in [1.54, 1.807) is 11.9 Å². The molecule has 7 nitrogen and oxygen atoms in total. The summed E-state index contributed by atoms with van der Waals surface area (Å²) in [5.74, 6) is 0. The number of sulfonamides is 1. The van der Waals surface area contributed by atoms with Gasteiger partial charge in [-0.2, -0.15) is 0 Å². The lowest BCUT2D eigenvalue weighted by atomic mass is 10.2. The van der Waals surface area contributed by atoms with Crippen LogP contribution in [0.5, 0.6) is 0 Å². The average molecular weight is 321 g/mol. The minimum Gasteiger partial charge on any atom is -0.369 e. The van der Waals surface area contributed by atoms with Crippen LogP contribution in [0.2, 0.25) is 0 Å². The van der Waals surface area contributed by atoms with Gasteiger partial charge in [-0.25, -0.2) is 13.6 Å². The molecule has 22 heavy (non-hydrogen) atoms. The first-order valence-electron chi connectivity index (χ1n) is 6.35. The molecule has 0 aliphatic carbocycles. The van der Waals surface area contributed by atoms with Crippen LogP contribution in [0.3, 0.4) is 0 Å². The molecule has 0 atom stereocenters. The van der Waals surface area contributed by atoms with E-state index in [4.69, 9.17) is 5.14 Å². The number of benzene rings is 2. The Morgan fingerprint density at radius 1 is 1.18 bits per heavy atom. The van der Waals surface area contributed by atoms with Crippen molar-refractivity contribution in [3.8, 4) is 0 Å². The van der Waals surface area contributed by atoms with Gasteiger partial charge in [0.1, 0.15) is 4.90 Å². The second-order valence-electron chi connectivity index (χ2n) is 4.80. The highest BCUT2D eigenvalue weighted by Crippen LogP contribution is 2.28. The van der Waals surface area contributed by atoms with Gasteiger partial charge >= 0.3 is 0 Å². The first-order valence-corrected chi connectivity index (χ1v) is 7.90. The second-order valence-corrected chi connectivity index (χ2v) is 6.33. The Bertz CT molecular complexity index is 791. The molecule has 0 saturated carbocycles. The molecule has 0 radical (unpaired) electrons. The third-order valence-electron chi connectivity index (χ3n) is 3.13. The van der Waals surface area contributed by atoms with Crippen molar-refractivity contribution in [3.05, 3.63) is 64.2 Å². The van der Waals surface area contributed by atoms with Crippen molar-refractivity contribution in [2.75, 3.05) is 11.9 Å². The van der Waals surface area contributed by atoms with Crippen LogP contribution in [0.25, 0.3) is 0 Å². The van der Waals surface area contributed by atoms with Crippen molar-refractivity contribution in [1.82, 2.24) is 0 Å². The van der Waals surface area contributed by atoms with Gasteiger partial charge in [0.25, 0.3) is 5.69 Å². The summed E-state index contributed by atoms with van der Waals surface area (Å²) >= 11 is 0. The summed E-state index contributed by atoms with van der Waals surface area (Å²) in [7, 11) is -2.38. The van der Waals surface area contributed by atoms with E-state index in [0.29, 0.717) is 12.2 Å². The molecule has 0 aliphatic rings. The summed E-state index contributed by atoms with van der Waals surface area (Å²) in [5, 5.41) is 16.0. The summed E-state index contributed by atoms with van der Waals surface area (Å²) in [6, 6.07) is 13.1. The molecule has 2 aromatic carbocycles. The number of primary sulfonamides is 1. The van der Waals surface area contributed by atoms with Crippen molar-refractivity contribution in [2.45, 2.75) is 11.4 Å². The van der Waals surface area contributed by atoms with Crippen molar-refractivity contribution >= 4 is 21.4 Å². The normalized spacial score (nSPS) is 11.2. The molecule has 2 N–H and O–H groups in total. The maximum absolute atomic E-state index is 11.7. The van der Waals surface area contributed by atoms with Crippen LogP contribution < -0.4 is 10.0 Å². The Kier molecular flexibility index (Phi) is 4.43. The molecule has 2 aromatic rings. The number of nitrogens with two attached hydrogens (primary N) is 1. The van der Waals surface area contributed by atoms with Gasteiger partial charge in [0.2, 0.25) is 10.0 Å². The van der Waals surface area contributed by atoms with Crippen LogP contribution in [0, 0.1) is 10.1 Å². The Morgan fingerprint density at radius 3 is 2.36 bits per heavy atom. The Hall–Kier alpha value is -2.45. The van der Waals surface area contributed by atoms with Gasteiger partial charge in [-0.3, -0.25) is 10.1 Å². The van der Waals surface area contributed by atoms with Crippen LogP contribution in [-0.4, -0.2) is 20.4 Å². The number of hydrogen-bond donors (Lipinski definition) is 1. The Labute approximate surface area is 128 Å². The van der Waals surface area contributed by atoms with Gasteiger partial charge in [0, 0.05) is 25.7 Å². The quantitative estimate of drug-likeness (QED) is 0.668. The summed E-state index contributed by atoms with van der Waals surface area (Å²) in [6.07, 6.45) is 0. The molecule has 0 fully saturated rings. The lowest BCUT2D eigenvalue weighted by Gasteiger charge is -2.21. The predicted molar refractivity (Wildman–Crippen MR) is 83.0 cm³/mol. The Morgan fingerprint density at radius 2 is 1.82 bits per heavy atom. The maximum atomic E-state index is 11.7. The molecule has 0 bridgehead atoms.